The van der Waals surface area contributed by atoms with Gasteiger partial charge in [0, 0.05) is 37.4 Å². The van der Waals surface area contributed by atoms with Crippen LogP contribution in [0.15, 0.2) is 60.8 Å². The molecule has 2 heterocycles. The lowest BCUT2D eigenvalue weighted by atomic mass is 10.1. The number of piperazine rings is 1. The van der Waals surface area contributed by atoms with Crippen LogP contribution in [0.1, 0.15) is 16.1 Å². The number of hydrogen-bond acceptors (Lipinski definition) is 7. The summed E-state index contributed by atoms with van der Waals surface area (Å²) in [7, 11) is -3.91. The lowest BCUT2D eigenvalue weighted by Crippen LogP contribution is -2.52. The number of rotatable bonds is 6. The first-order valence-electron chi connectivity index (χ1n) is 10.2. The summed E-state index contributed by atoms with van der Waals surface area (Å²) < 4.78 is 27.7. The topological polar surface area (TPSA) is 133 Å². The fraction of sp³-hybridized carbons (Fsp3) is 0.182. The van der Waals surface area contributed by atoms with E-state index in [-0.39, 0.29) is 18.9 Å². The van der Waals surface area contributed by atoms with Gasteiger partial charge in [-0.2, -0.15) is 12.7 Å². The third-order valence-corrected chi connectivity index (χ3v) is 6.43. The minimum Gasteiger partial charge on any atom is -0.314 e. The number of nitrogens with one attached hydrogen (secondary N) is 3. The van der Waals surface area contributed by atoms with Gasteiger partial charge in [0.05, 0.1) is 22.9 Å². The van der Waals surface area contributed by atoms with Crippen molar-refractivity contribution in [2.75, 3.05) is 31.5 Å². The number of carbonyl (C=O) groups excluding carboxylic acids is 2. The molecule has 0 radical (unpaired) electrons. The third-order valence-electron chi connectivity index (χ3n) is 4.94. The van der Waals surface area contributed by atoms with Crippen LogP contribution in [0.25, 0.3) is 17.1 Å². The van der Waals surface area contributed by atoms with E-state index in [2.05, 4.69) is 20.6 Å². The van der Waals surface area contributed by atoms with Crippen molar-refractivity contribution in [2.45, 2.75) is 0 Å². The van der Waals surface area contributed by atoms with Crippen LogP contribution in [-0.4, -0.2) is 60.7 Å². The molecule has 1 saturated heterocycles. The van der Waals surface area contributed by atoms with Crippen LogP contribution < -0.4 is 15.4 Å². The lowest BCUT2D eigenvalue weighted by molar-refractivity contribution is 0.104. The Morgan fingerprint density at radius 1 is 1.00 bits per heavy atom. The van der Waals surface area contributed by atoms with E-state index in [1.165, 1.54) is 22.5 Å². The molecular weight excluding hydrogens is 444 g/mol. The fourth-order valence-corrected chi connectivity index (χ4v) is 4.33. The number of amides is 2. The van der Waals surface area contributed by atoms with Crippen molar-refractivity contribution >= 4 is 44.8 Å². The van der Waals surface area contributed by atoms with E-state index in [0.717, 1.165) is 11.0 Å². The highest BCUT2D eigenvalue weighted by molar-refractivity contribution is 7.87. The molecule has 1 aromatic heterocycles. The number of nitrogens with zero attached hydrogens (tertiary/aromatic N) is 3. The Bertz CT molecular complexity index is 1300. The predicted molar refractivity (Wildman–Crippen MR) is 125 cm³/mol. The van der Waals surface area contributed by atoms with Crippen LogP contribution in [0.2, 0.25) is 0 Å². The van der Waals surface area contributed by atoms with Crippen molar-refractivity contribution in [3.8, 4) is 0 Å². The van der Waals surface area contributed by atoms with E-state index in [1.54, 1.807) is 24.4 Å². The van der Waals surface area contributed by atoms with Gasteiger partial charge >= 0.3 is 16.2 Å². The zero-order chi connectivity index (χ0) is 23.3. The van der Waals surface area contributed by atoms with Gasteiger partial charge in [-0.05, 0) is 48.6 Å². The molecule has 2 aromatic carbocycles. The molecule has 33 heavy (non-hydrogen) atoms. The molecule has 10 nitrogen and oxygen atoms in total. The second-order valence-electron chi connectivity index (χ2n) is 7.27. The van der Waals surface area contributed by atoms with Crippen LogP contribution in [0, 0.1) is 0 Å². The van der Waals surface area contributed by atoms with E-state index in [0.29, 0.717) is 30.0 Å². The van der Waals surface area contributed by atoms with Crippen molar-refractivity contribution in [1.29, 1.82) is 0 Å². The molecule has 11 heteroatoms. The minimum absolute atomic E-state index is 0.248. The van der Waals surface area contributed by atoms with Gasteiger partial charge in [0.25, 0.3) is 0 Å². The molecule has 2 amide bonds. The first-order chi connectivity index (χ1) is 15.9. The van der Waals surface area contributed by atoms with Crippen LogP contribution in [0.4, 0.5) is 10.5 Å². The number of allylic oxidation sites excluding steroid dienone is 1. The maximum Gasteiger partial charge on any atom is 0.333 e. The Morgan fingerprint density at radius 3 is 2.42 bits per heavy atom. The summed E-state index contributed by atoms with van der Waals surface area (Å²) in [5, 5.41) is 5.51. The summed E-state index contributed by atoms with van der Waals surface area (Å²) in [6.07, 6.45) is 4.57. The smallest absolute Gasteiger partial charge is 0.314 e. The van der Waals surface area contributed by atoms with E-state index < -0.39 is 16.2 Å². The average Bonchev–Trinajstić information content (AvgIpc) is 2.83. The highest BCUT2D eigenvalue weighted by Crippen LogP contribution is 2.13. The fourth-order valence-electron chi connectivity index (χ4n) is 3.25. The molecule has 0 bridgehead atoms. The predicted octanol–water partition coefficient (Wildman–Crippen LogP) is 1.80. The molecule has 4 rings (SSSR count). The molecule has 0 spiro atoms. The Kier molecular flexibility index (Phi) is 6.73. The van der Waals surface area contributed by atoms with E-state index in [4.69, 9.17) is 0 Å². The zero-order valence-electron chi connectivity index (χ0n) is 17.6. The van der Waals surface area contributed by atoms with Gasteiger partial charge in [-0.1, -0.05) is 12.1 Å². The molecule has 0 aliphatic carbocycles. The molecular formula is C22H22N6O4S. The molecule has 3 N–H and O–H groups in total. The number of urea groups is 1. The molecule has 170 valence electrons. The first-order valence-corrected chi connectivity index (χ1v) is 11.7. The molecule has 1 fully saturated rings. The highest BCUT2D eigenvalue weighted by atomic mass is 32.2. The molecule has 0 saturated carbocycles. The van der Waals surface area contributed by atoms with Crippen LogP contribution >= 0.6 is 0 Å². The maximum atomic E-state index is 12.5. The van der Waals surface area contributed by atoms with E-state index in [9.17, 15) is 18.0 Å². The third kappa shape index (κ3) is 5.77. The van der Waals surface area contributed by atoms with Gasteiger partial charge in [0.1, 0.15) is 0 Å². The quantitative estimate of drug-likeness (QED) is 0.373. The molecule has 0 atom stereocenters. The van der Waals surface area contributed by atoms with E-state index in [1.807, 2.05) is 29.0 Å². The largest absolute Gasteiger partial charge is 0.333 e. The summed E-state index contributed by atoms with van der Waals surface area (Å²) >= 11 is 0. The summed E-state index contributed by atoms with van der Waals surface area (Å²) in [5.74, 6) is -0.248. The lowest BCUT2D eigenvalue weighted by Gasteiger charge is -2.26. The van der Waals surface area contributed by atoms with Crippen molar-refractivity contribution in [3.63, 3.8) is 0 Å². The zero-order valence-corrected chi connectivity index (χ0v) is 18.4. The van der Waals surface area contributed by atoms with Crippen molar-refractivity contribution in [1.82, 2.24) is 24.3 Å². The van der Waals surface area contributed by atoms with Gasteiger partial charge in [0.2, 0.25) is 0 Å². The van der Waals surface area contributed by atoms with Gasteiger partial charge in [-0.15, -0.1) is 0 Å². The van der Waals surface area contributed by atoms with Crippen LogP contribution in [-0.2, 0) is 10.2 Å². The van der Waals surface area contributed by atoms with Gasteiger partial charge in [-0.3, -0.25) is 9.78 Å². The Labute approximate surface area is 190 Å². The molecule has 0 unspecified atom stereocenters. The molecule has 3 aromatic rings. The summed E-state index contributed by atoms with van der Waals surface area (Å²) in [6, 6.07) is 12.7. The average molecular weight is 467 g/mol. The maximum absolute atomic E-state index is 12.5. The van der Waals surface area contributed by atoms with Gasteiger partial charge in [0.15, 0.2) is 5.78 Å². The number of aromatic nitrogens is 2. The number of ketones is 1. The van der Waals surface area contributed by atoms with Crippen molar-refractivity contribution in [2.24, 2.45) is 0 Å². The van der Waals surface area contributed by atoms with Gasteiger partial charge < -0.3 is 10.6 Å². The second-order valence-corrected chi connectivity index (χ2v) is 8.94. The Morgan fingerprint density at radius 2 is 1.70 bits per heavy atom. The van der Waals surface area contributed by atoms with Crippen LogP contribution in [0.3, 0.4) is 0 Å². The van der Waals surface area contributed by atoms with Crippen molar-refractivity contribution in [3.05, 3.63) is 72.1 Å². The number of benzene rings is 2. The Hall–Kier alpha value is -3.67. The second kappa shape index (κ2) is 9.86. The normalized spacial score (nSPS) is 14.9. The number of fused-ring (bicyclic) bond motifs is 1. The van der Waals surface area contributed by atoms with Crippen LogP contribution in [0.5, 0.6) is 0 Å². The highest BCUT2D eigenvalue weighted by Gasteiger charge is 2.25. The van der Waals surface area contributed by atoms with Crippen molar-refractivity contribution < 1.29 is 18.0 Å². The number of para-hydroxylation sites is 2. The minimum atomic E-state index is -3.91. The molecule has 1 aliphatic heterocycles. The SMILES string of the molecule is O=C(Nc1ccc(C(=O)C=Cc2cnc3ccccc3n2)cc1)NS(=O)(=O)N1CCNCC1. The number of hydrogen-bond donors (Lipinski definition) is 3. The standard InChI is InChI=1S/C22H22N6O4S/c29-21(10-9-18-15-24-19-3-1-2-4-20(19)25-18)16-5-7-17(8-6-16)26-22(30)27-33(31,32)28-13-11-23-12-14-28/h1-10,15,23H,11-14H2,(H2,26,27,30). The summed E-state index contributed by atoms with van der Waals surface area (Å²) in [4.78, 5) is 33.3. The summed E-state index contributed by atoms with van der Waals surface area (Å²) in [5.41, 5.74) is 2.82. The summed E-state index contributed by atoms with van der Waals surface area (Å²) in [6.45, 7) is 1.63. The molecule has 1 aliphatic rings. The number of carbonyl (C=O) groups is 2. The first kappa shape index (κ1) is 22.5. The Balaban J connectivity index is 1.35. The van der Waals surface area contributed by atoms with E-state index >= 15 is 0 Å². The number of anilines is 1. The van der Waals surface area contributed by atoms with Gasteiger partial charge in [-0.25, -0.2) is 14.5 Å². The monoisotopic (exact) mass is 466 g/mol.